The lowest BCUT2D eigenvalue weighted by Gasteiger charge is -2.11. The molecule has 0 aliphatic carbocycles. The van der Waals surface area contributed by atoms with Gasteiger partial charge in [0.25, 0.3) is 5.69 Å². The Kier molecular flexibility index (Phi) is 5.47. The van der Waals surface area contributed by atoms with Crippen LogP contribution in [0, 0.1) is 10.1 Å². The fraction of sp³-hybridized carbons (Fsp3) is 0.364. The van der Waals surface area contributed by atoms with Gasteiger partial charge in [-0.1, -0.05) is 0 Å². The molecule has 0 saturated heterocycles. The molecule has 0 aromatic heterocycles. The number of carboxylic acids is 1. The summed E-state index contributed by atoms with van der Waals surface area (Å²) in [6.07, 6.45) is -4.45. The summed E-state index contributed by atoms with van der Waals surface area (Å²) in [6.45, 7) is -1.88. The van der Waals surface area contributed by atoms with Crippen LogP contribution in [0.1, 0.15) is 10.4 Å². The van der Waals surface area contributed by atoms with Gasteiger partial charge >= 0.3 is 12.1 Å². The Bertz CT molecular complexity index is 533. The van der Waals surface area contributed by atoms with Gasteiger partial charge in [0.1, 0.15) is 6.61 Å². The van der Waals surface area contributed by atoms with Crippen LogP contribution in [0.3, 0.4) is 0 Å². The Morgan fingerprint density at radius 1 is 1.43 bits per heavy atom. The van der Waals surface area contributed by atoms with Crippen LogP contribution in [0.2, 0.25) is 0 Å². The molecule has 0 fully saturated rings. The molecular weight excluding hydrogens is 297 g/mol. The van der Waals surface area contributed by atoms with Gasteiger partial charge in [-0.05, 0) is 6.07 Å². The van der Waals surface area contributed by atoms with E-state index in [-0.39, 0.29) is 30.1 Å². The van der Waals surface area contributed by atoms with Crippen molar-refractivity contribution in [2.45, 2.75) is 6.18 Å². The summed E-state index contributed by atoms with van der Waals surface area (Å²) in [5, 5.41) is 22.0. The summed E-state index contributed by atoms with van der Waals surface area (Å²) in [7, 11) is 0. The van der Waals surface area contributed by atoms with Crippen LogP contribution in [-0.2, 0) is 4.74 Å². The number of nitro benzene ring substituents is 1. The van der Waals surface area contributed by atoms with E-state index in [0.29, 0.717) is 0 Å². The van der Waals surface area contributed by atoms with E-state index in [1.54, 1.807) is 0 Å². The Hall–Kier alpha value is -2.36. The normalized spacial score (nSPS) is 11.2. The number of nitrogens with zero attached hydrogens (tertiary/aromatic N) is 1. The Balaban J connectivity index is 2.66. The van der Waals surface area contributed by atoms with Gasteiger partial charge in [-0.25, -0.2) is 4.79 Å². The highest BCUT2D eigenvalue weighted by Crippen LogP contribution is 2.22. The van der Waals surface area contributed by atoms with E-state index < -0.39 is 23.7 Å². The van der Waals surface area contributed by atoms with Crippen molar-refractivity contribution in [1.29, 1.82) is 0 Å². The summed E-state index contributed by atoms with van der Waals surface area (Å²) < 4.78 is 39.8. The Morgan fingerprint density at radius 2 is 2.10 bits per heavy atom. The number of carboxylic acid groups (broad SMARTS) is 1. The molecule has 0 spiro atoms. The highest BCUT2D eigenvalue weighted by molar-refractivity contribution is 5.94. The second-order valence-electron chi connectivity index (χ2n) is 3.89. The van der Waals surface area contributed by atoms with Gasteiger partial charge in [0.05, 0.1) is 22.8 Å². The fourth-order valence-electron chi connectivity index (χ4n) is 1.42. The number of nitrogens with one attached hydrogen (secondary N) is 1. The lowest BCUT2D eigenvalue weighted by Crippen LogP contribution is -2.20. The largest absolute Gasteiger partial charge is 0.478 e. The molecule has 0 atom stereocenters. The van der Waals surface area contributed by atoms with E-state index in [1.807, 2.05) is 0 Å². The molecule has 7 nitrogen and oxygen atoms in total. The van der Waals surface area contributed by atoms with Crippen LogP contribution in [0.25, 0.3) is 0 Å². The number of benzene rings is 1. The fourth-order valence-corrected chi connectivity index (χ4v) is 1.42. The van der Waals surface area contributed by atoms with Crippen molar-refractivity contribution in [2.24, 2.45) is 0 Å². The van der Waals surface area contributed by atoms with Gasteiger partial charge in [0.15, 0.2) is 0 Å². The highest BCUT2D eigenvalue weighted by Gasteiger charge is 2.27. The van der Waals surface area contributed by atoms with Crippen molar-refractivity contribution in [3.8, 4) is 0 Å². The van der Waals surface area contributed by atoms with Crippen LogP contribution >= 0.6 is 0 Å². The second kappa shape index (κ2) is 6.88. The van der Waals surface area contributed by atoms with Crippen molar-refractivity contribution in [3.05, 3.63) is 33.9 Å². The topological polar surface area (TPSA) is 102 Å². The molecule has 21 heavy (non-hydrogen) atoms. The van der Waals surface area contributed by atoms with E-state index in [4.69, 9.17) is 5.11 Å². The van der Waals surface area contributed by atoms with Crippen LogP contribution in [0.15, 0.2) is 18.2 Å². The first-order valence-electron chi connectivity index (χ1n) is 5.61. The number of non-ortho nitro benzene ring substituents is 1. The molecule has 0 heterocycles. The summed E-state index contributed by atoms with van der Waals surface area (Å²) in [6, 6.07) is 3.06. The predicted molar refractivity (Wildman–Crippen MR) is 65.4 cm³/mol. The van der Waals surface area contributed by atoms with E-state index in [0.717, 1.165) is 18.2 Å². The molecule has 116 valence electrons. The van der Waals surface area contributed by atoms with E-state index in [1.165, 1.54) is 0 Å². The molecule has 0 aliphatic rings. The molecule has 0 bridgehead atoms. The maximum absolute atomic E-state index is 11.8. The van der Waals surface area contributed by atoms with Crippen LogP contribution in [-0.4, -0.2) is 41.9 Å². The second-order valence-corrected chi connectivity index (χ2v) is 3.89. The first kappa shape index (κ1) is 16.7. The molecule has 2 N–H and O–H groups in total. The molecule has 1 rings (SSSR count). The van der Waals surface area contributed by atoms with Crippen molar-refractivity contribution < 1.29 is 32.7 Å². The number of hydrogen-bond acceptors (Lipinski definition) is 5. The Labute approximate surface area is 116 Å². The number of hydrogen-bond donors (Lipinski definition) is 2. The van der Waals surface area contributed by atoms with Crippen molar-refractivity contribution >= 4 is 17.3 Å². The van der Waals surface area contributed by atoms with Crippen LogP contribution in [0.5, 0.6) is 0 Å². The number of halogens is 3. The van der Waals surface area contributed by atoms with Gasteiger partial charge < -0.3 is 15.2 Å². The first-order valence-corrected chi connectivity index (χ1v) is 5.61. The van der Waals surface area contributed by atoms with Gasteiger partial charge in [-0.15, -0.1) is 0 Å². The monoisotopic (exact) mass is 308 g/mol. The molecule has 1 aromatic carbocycles. The third-order valence-electron chi connectivity index (χ3n) is 2.27. The first-order chi connectivity index (χ1) is 9.70. The number of aromatic carboxylic acids is 1. The molecule has 1 aromatic rings. The SMILES string of the molecule is O=C(O)c1ccc([N+](=O)[O-])cc1NCCOCC(F)(F)F. The molecule has 0 saturated carbocycles. The van der Waals surface area contributed by atoms with E-state index in [9.17, 15) is 28.1 Å². The minimum Gasteiger partial charge on any atom is -0.478 e. The number of anilines is 1. The quantitative estimate of drug-likeness (QED) is 0.455. The summed E-state index contributed by atoms with van der Waals surface area (Å²) in [5.74, 6) is -1.32. The summed E-state index contributed by atoms with van der Waals surface area (Å²) >= 11 is 0. The standard InChI is InChI=1S/C11H11F3N2O5/c12-11(13,14)6-21-4-3-15-9-5-7(16(19)20)1-2-8(9)10(17)18/h1-2,5,15H,3-4,6H2,(H,17,18). The van der Waals surface area contributed by atoms with Gasteiger partial charge in [0, 0.05) is 18.7 Å². The molecule has 0 aliphatic heterocycles. The summed E-state index contributed by atoms with van der Waals surface area (Å²) in [4.78, 5) is 20.8. The maximum Gasteiger partial charge on any atom is 0.411 e. The van der Waals surface area contributed by atoms with E-state index >= 15 is 0 Å². The molecular formula is C11H11F3N2O5. The molecule has 0 amide bonds. The Morgan fingerprint density at radius 3 is 2.62 bits per heavy atom. The molecule has 10 heteroatoms. The third kappa shape index (κ3) is 5.65. The van der Waals surface area contributed by atoms with Crippen LogP contribution in [0.4, 0.5) is 24.5 Å². The summed E-state index contributed by atoms with van der Waals surface area (Å²) in [5.41, 5.74) is -0.623. The van der Waals surface area contributed by atoms with Gasteiger partial charge in [-0.2, -0.15) is 13.2 Å². The van der Waals surface area contributed by atoms with Gasteiger partial charge in [0.2, 0.25) is 0 Å². The molecule has 0 radical (unpaired) electrons. The zero-order valence-corrected chi connectivity index (χ0v) is 10.5. The van der Waals surface area contributed by atoms with Crippen molar-refractivity contribution in [3.63, 3.8) is 0 Å². The minimum absolute atomic E-state index is 0.0627. The lowest BCUT2D eigenvalue weighted by molar-refractivity contribution is -0.384. The number of carbonyl (C=O) groups is 1. The molecule has 0 unspecified atom stereocenters. The highest BCUT2D eigenvalue weighted by atomic mass is 19.4. The maximum atomic E-state index is 11.8. The van der Waals surface area contributed by atoms with Crippen molar-refractivity contribution in [1.82, 2.24) is 0 Å². The number of rotatable bonds is 7. The van der Waals surface area contributed by atoms with Crippen LogP contribution < -0.4 is 5.32 Å². The van der Waals surface area contributed by atoms with E-state index in [2.05, 4.69) is 10.1 Å². The van der Waals surface area contributed by atoms with Crippen molar-refractivity contribution in [2.75, 3.05) is 25.1 Å². The average molecular weight is 308 g/mol. The zero-order chi connectivity index (χ0) is 16.0. The number of nitro groups is 1. The predicted octanol–water partition coefficient (Wildman–Crippen LogP) is 2.28. The third-order valence-corrected chi connectivity index (χ3v) is 2.27. The van der Waals surface area contributed by atoms with Gasteiger partial charge in [-0.3, -0.25) is 10.1 Å². The number of ether oxygens (including phenoxy) is 1. The lowest BCUT2D eigenvalue weighted by atomic mass is 10.1. The average Bonchev–Trinajstić information content (AvgIpc) is 2.36. The smallest absolute Gasteiger partial charge is 0.411 e. The number of alkyl halides is 3. The zero-order valence-electron chi connectivity index (χ0n) is 10.5. The minimum atomic E-state index is -4.45.